The zero-order valence-corrected chi connectivity index (χ0v) is 21.8. The van der Waals surface area contributed by atoms with Gasteiger partial charge in [0.05, 0.1) is 25.7 Å². The lowest BCUT2D eigenvalue weighted by Gasteiger charge is -2.58. The molecule has 0 saturated carbocycles. The van der Waals surface area contributed by atoms with Crippen LogP contribution in [0.2, 0.25) is 0 Å². The first-order valence-electron chi connectivity index (χ1n) is 12.0. The van der Waals surface area contributed by atoms with Crippen molar-refractivity contribution in [2.24, 2.45) is 11.8 Å². The number of fused-ring (bicyclic) bond motifs is 4. The first kappa shape index (κ1) is 24.8. The number of pyridine rings is 2. The predicted molar refractivity (Wildman–Crippen MR) is 131 cm³/mol. The molecule has 6 heteroatoms. The summed E-state index contributed by atoms with van der Waals surface area (Å²) >= 11 is 0. The van der Waals surface area contributed by atoms with Gasteiger partial charge in [-0.05, 0) is 61.7 Å². The summed E-state index contributed by atoms with van der Waals surface area (Å²) in [6, 6.07) is 12.4. The smallest absolute Gasteiger partial charge is 0.131 e. The summed E-state index contributed by atoms with van der Waals surface area (Å²) in [5.74, 6) is 1.87. The molecule has 3 aliphatic heterocycles. The van der Waals surface area contributed by atoms with Crippen molar-refractivity contribution >= 4 is 10.9 Å². The van der Waals surface area contributed by atoms with Crippen molar-refractivity contribution in [1.29, 1.82) is 0 Å². The topological polar surface area (TPSA) is 55.2 Å². The molecule has 3 aromatic rings. The van der Waals surface area contributed by atoms with Gasteiger partial charge in [-0.25, -0.2) is 0 Å². The number of aryl methyl sites for hydroxylation is 2. The lowest BCUT2D eigenvalue weighted by Crippen LogP contribution is -3.00. The van der Waals surface area contributed by atoms with Crippen molar-refractivity contribution < 1.29 is 31.3 Å². The molecule has 180 valence electrons. The number of nitrogens with zero attached hydrogens (tertiary/aromatic N) is 3. The van der Waals surface area contributed by atoms with Crippen LogP contribution in [0.25, 0.3) is 10.9 Å². The molecule has 0 spiro atoms. The number of ether oxygens (including phenoxy) is 1. The number of methoxy groups -OCH3 is 1. The highest BCUT2D eigenvalue weighted by Crippen LogP contribution is 2.48. The van der Waals surface area contributed by atoms with E-state index in [1.54, 1.807) is 7.11 Å². The van der Waals surface area contributed by atoms with E-state index in [1.807, 2.05) is 30.5 Å². The average molecular weight is 525 g/mol. The highest BCUT2D eigenvalue weighted by atomic mass is 79.9. The van der Waals surface area contributed by atoms with Crippen molar-refractivity contribution in [3.8, 4) is 5.75 Å². The zero-order valence-electron chi connectivity index (χ0n) is 20.2. The van der Waals surface area contributed by atoms with Gasteiger partial charge >= 0.3 is 0 Å². The molecule has 3 saturated heterocycles. The highest BCUT2D eigenvalue weighted by molar-refractivity contribution is 5.83. The summed E-state index contributed by atoms with van der Waals surface area (Å²) in [5, 5.41) is 12.9. The van der Waals surface area contributed by atoms with Crippen LogP contribution in [-0.2, 0) is 6.54 Å². The quantitative estimate of drug-likeness (QED) is 0.396. The number of quaternary nitrogens is 1. The number of aliphatic hydroxyl groups excluding tert-OH is 1. The number of piperidine rings is 3. The van der Waals surface area contributed by atoms with E-state index in [0.717, 1.165) is 64.1 Å². The molecule has 5 atom stereocenters. The highest BCUT2D eigenvalue weighted by Gasteiger charge is 2.54. The first-order chi connectivity index (χ1) is 15.9. The summed E-state index contributed by atoms with van der Waals surface area (Å²) in [5.41, 5.74) is 5.26. The molecular weight excluding hydrogens is 490 g/mol. The molecule has 0 radical (unpaired) electrons. The lowest BCUT2D eigenvalue weighted by molar-refractivity contribution is -0.984. The van der Waals surface area contributed by atoms with Crippen molar-refractivity contribution in [2.45, 2.75) is 45.4 Å². The van der Waals surface area contributed by atoms with Crippen LogP contribution in [0.4, 0.5) is 0 Å². The summed E-state index contributed by atoms with van der Waals surface area (Å²) in [4.78, 5) is 9.11. The van der Waals surface area contributed by atoms with Crippen molar-refractivity contribution in [3.63, 3.8) is 0 Å². The van der Waals surface area contributed by atoms with Crippen LogP contribution in [0.5, 0.6) is 5.75 Å². The number of rotatable bonds is 6. The molecule has 3 aliphatic rings. The van der Waals surface area contributed by atoms with Gasteiger partial charge in [0.1, 0.15) is 24.4 Å². The third-order valence-corrected chi connectivity index (χ3v) is 7.98. The number of halogens is 1. The molecule has 2 aromatic heterocycles. The molecule has 0 amide bonds. The second-order valence-corrected chi connectivity index (χ2v) is 10.0. The molecule has 1 N–H and O–H groups in total. The van der Waals surface area contributed by atoms with Gasteiger partial charge < -0.3 is 31.3 Å². The molecule has 5 heterocycles. The molecular formula is C28H34BrN3O2. The Bertz CT molecular complexity index is 1180. The van der Waals surface area contributed by atoms with Gasteiger partial charge in [0.25, 0.3) is 0 Å². The number of aromatic nitrogens is 2. The Morgan fingerprint density at radius 3 is 2.68 bits per heavy atom. The molecule has 6 rings (SSSR count). The molecule has 1 aromatic carbocycles. The van der Waals surface area contributed by atoms with Crippen LogP contribution in [0.15, 0.2) is 55.3 Å². The standard InChI is InChI=1S/C28H34N3O2.BrH/c1-5-21-17-31(16-20-12-18(2)30-19(3)13-20)11-9-22(21)14-27(31)28(32)24-8-10-29-26-7-6-23(33-4)15-25(24)26;/h5-8,10,12-13,15,21-22,27-28,32H,1,9,11,14,16-17H2,2-4H3;1H/q+1;/p-1/t21-,22+,27-,28+,31?;/m0./s1. The van der Waals surface area contributed by atoms with E-state index >= 15 is 0 Å². The van der Waals surface area contributed by atoms with E-state index in [0.29, 0.717) is 11.8 Å². The molecule has 1 unspecified atom stereocenters. The Balaban J connectivity index is 0.00000274. The van der Waals surface area contributed by atoms with Crippen molar-refractivity contribution in [2.75, 3.05) is 20.2 Å². The molecule has 5 nitrogen and oxygen atoms in total. The van der Waals surface area contributed by atoms with Gasteiger partial charge in [0.2, 0.25) is 0 Å². The maximum Gasteiger partial charge on any atom is 0.131 e. The van der Waals surface area contributed by atoms with Crippen LogP contribution in [0.1, 0.15) is 41.5 Å². The lowest BCUT2D eigenvalue weighted by atomic mass is 9.71. The minimum atomic E-state index is -0.569. The first-order valence-corrected chi connectivity index (χ1v) is 12.0. The molecule has 34 heavy (non-hydrogen) atoms. The van der Waals surface area contributed by atoms with Crippen LogP contribution in [0.3, 0.4) is 0 Å². The minimum Gasteiger partial charge on any atom is -1.00 e. The SMILES string of the molecule is C=C[C@H]1C[N+]2(Cc3cc(C)nc(C)c3)CC[C@@H]1C[C@H]2[C@H](O)c1ccnc2ccc(OC)cc12.[Br-]. The van der Waals surface area contributed by atoms with E-state index in [-0.39, 0.29) is 23.0 Å². The average Bonchev–Trinajstić information content (AvgIpc) is 2.82. The monoisotopic (exact) mass is 523 g/mol. The fourth-order valence-electron chi connectivity index (χ4n) is 6.50. The summed E-state index contributed by atoms with van der Waals surface area (Å²) in [7, 11) is 1.67. The van der Waals surface area contributed by atoms with E-state index in [9.17, 15) is 5.11 Å². The second kappa shape index (κ2) is 9.76. The Morgan fingerprint density at radius 1 is 1.21 bits per heavy atom. The van der Waals surface area contributed by atoms with Crippen LogP contribution >= 0.6 is 0 Å². The maximum atomic E-state index is 11.9. The predicted octanol–water partition coefficient (Wildman–Crippen LogP) is 1.90. The van der Waals surface area contributed by atoms with Crippen LogP contribution < -0.4 is 21.7 Å². The fourth-order valence-corrected chi connectivity index (χ4v) is 6.50. The Morgan fingerprint density at radius 2 is 1.97 bits per heavy atom. The molecule has 0 aliphatic carbocycles. The minimum absolute atomic E-state index is 0. The Kier molecular flexibility index (Phi) is 7.13. The van der Waals surface area contributed by atoms with E-state index in [1.165, 1.54) is 12.0 Å². The van der Waals surface area contributed by atoms with E-state index in [4.69, 9.17) is 4.74 Å². The normalized spacial score (nSPS) is 26.6. The van der Waals surface area contributed by atoms with Gasteiger partial charge in [0, 0.05) is 47.3 Å². The van der Waals surface area contributed by atoms with E-state index in [2.05, 4.69) is 48.6 Å². The van der Waals surface area contributed by atoms with Crippen LogP contribution in [0, 0.1) is 25.7 Å². The van der Waals surface area contributed by atoms with E-state index < -0.39 is 6.10 Å². The summed E-state index contributed by atoms with van der Waals surface area (Å²) in [6.07, 6.45) is 5.59. The molecule has 2 bridgehead atoms. The van der Waals surface area contributed by atoms with Crippen molar-refractivity contribution in [3.05, 3.63) is 77.8 Å². The number of benzene rings is 1. The number of aliphatic hydroxyl groups is 1. The maximum absolute atomic E-state index is 11.9. The second-order valence-electron chi connectivity index (χ2n) is 10.0. The summed E-state index contributed by atoms with van der Waals surface area (Å²) < 4.78 is 6.37. The van der Waals surface area contributed by atoms with Gasteiger partial charge in [-0.2, -0.15) is 0 Å². The fraction of sp³-hybridized carbons (Fsp3) is 0.429. The molecule has 3 fully saturated rings. The third-order valence-electron chi connectivity index (χ3n) is 7.98. The third kappa shape index (κ3) is 4.39. The zero-order chi connectivity index (χ0) is 23.2. The Labute approximate surface area is 212 Å². The summed E-state index contributed by atoms with van der Waals surface area (Å²) in [6.45, 7) is 11.3. The van der Waals surface area contributed by atoms with Gasteiger partial charge in [-0.3, -0.25) is 9.97 Å². The van der Waals surface area contributed by atoms with Crippen molar-refractivity contribution in [1.82, 2.24) is 9.97 Å². The number of hydrogen-bond donors (Lipinski definition) is 1. The van der Waals surface area contributed by atoms with Gasteiger partial charge in [-0.15, -0.1) is 6.58 Å². The van der Waals surface area contributed by atoms with Gasteiger partial charge in [0.15, 0.2) is 0 Å². The largest absolute Gasteiger partial charge is 1.00 e. The van der Waals surface area contributed by atoms with Gasteiger partial charge in [-0.1, -0.05) is 6.08 Å². The Hall–Kier alpha value is -2.28. The number of hydrogen-bond acceptors (Lipinski definition) is 4. The van der Waals surface area contributed by atoms with Crippen LogP contribution in [-0.4, -0.2) is 45.8 Å².